The predicted molar refractivity (Wildman–Crippen MR) is 99.6 cm³/mol. The van der Waals surface area contributed by atoms with Crippen LogP contribution in [0.25, 0.3) is 6.08 Å². The predicted octanol–water partition coefficient (Wildman–Crippen LogP) is 4.01. The number of rotatable bonds is 4. The number of allylic oxidation sites excluding steroid dienone is 2. The van der Waals surface area contributed by atoms with Crippen LogP contribution in [0.5, 0.6) is 0 Å². The van der Waals surface area contributed by atoms with Crippen molar-refractivity contribution in [1.82, 2.24) is 9.80 Å². The lowest BCUT2D eigenvalue weighted by molar-refractivity contribution is -0.128. The highest BCUT2D eigenvalue weighted by Gasteiger charge is 2.26. The number of carbonyl (C=O) groups is 1. The third-order valence-corrected chi connectivity index (χ3v) is 5.33. The molecule has 0 radical (unpaired) electrons. The minimum absolute atomic E-state index is 0.0491. The smallest absolute Gasteiger partial charge is 0.246 e. The Kier molecular flexibility index (Phi) is 6.56. The largest absolute Gasteiger partial charge is 0.337 e. The van der Waals surface area contributed by atoms with Gasteiger partial charge in [0.25, 0.3) is 0 Å². The zero-order chi connectivity index (χ0) is 18.4. The van der Waals surface area contributed by atoms with Gasteiger partial charge in [0.15, 0.2) is 0 Å². The number of nitrogens with zero attached hydrogens (tertiary/aromatic N) is 2. The number of benzene rings is 1. The molecule has 2 aliphatic rings. The van der Waals surface area contributed by atoms with E-state index in [-0.39, 0.29) is 11.5 Å². The van der Waals surface area contributed by atoms with Crippen molar-refractivity contribution >= 4 is 12.0 Å². The Hall–Kier alpha value is -2.01. The van der Waals surface area contributed by atoms with E-state index in [1.165, 1.54) is 68.5 Å². The van der Waals surface area contributed by atoms with Crippen LogP contribution in [0, 0.1) is 11.6 Å². The fraction of sp³-hybridized carbons (Fsp3) is 0.476. The molecular weight excluding hydrogens is 334 g/mol. The average Bonchev–Trinajstić information content (AvgIpc) is 2.68. The van der Waals surface area contributed by atoms with Crippen LogP contribution in [0.1, 0.15) is 37.7 Å². The Morgan fingerprint density at radius 1 is 0.962 bits per heavy atom. The fourth-order valence-electron chi connectivity index (χ4n) is 3.82. The van der Waals surface area contributed by atoms with Crippen molar-refractivity contribution in [3.05, 3.63) is 53.6 Å². The number of piperazine rings is 1. The van der Waals surface area contributed by atoms with Crippen LogP contribution in [-0.4, -0.2) is 47.9 Å². The zero-order valence-electron chi connectivity index (χ0n) is 15.0. The standard InChI is InChI=1S/C21H26F2N2O/c22-19-10-6-11-20(23)18(19)9-4-5-12-21(26)25-15-13-24(14-16-25)17-7-2-1-3-8-17/h4-6,9-12,17H,1-3,7-8,13-16H2. The van der Waals surface area contributed by atoms with Gasteiger partial charge in [-0.05, 0) is 31.1 Å². The maximum absolute atomic E-state index is 13.5. The van der Waals surface area contributed by atoms with E-state index < -0.39 is 11.6 Å². The van der Waals surface area contributed by atoms with Crippen LogP contribution in [0.2, 0.25) is 0 Å². The number of hydrogen-bond donors (Lipinski definition) is 0. The van der Waals surface area contributed by atoms with Crippen molar-refractivity contribution in [2.24, 2.45) is 0 Å². The van der Waals surface area contributed by atoms with Gasteiger partial charge in [-0.1, -0.05) is 37.5 Å². The van der Waals surface area contributed by atoms with E-state index in [1.807, 2.05) is 4.90 Å². The molecule has 3 nitrogen and oxygen atoms in total. The van der Waals surface area contributed by atoms with Crippen molar-refractivity contribution in [2.75, 3.05) is 26.2 Å². The van der Waals surface area contributed by atoms with Crippen LogP contribution in [0.4, 0.5) is 8.78 Å². The van der Waals surface area contributed by atoms with Gasteiger partial charge < -0.3 is 4.90 Å². The minimum atomic E-state index is -0.611. The van der Waals surface area contributed by atoms with Crippen molar-refractivity contribution in [3.63, 3.8) is 0 Å². The van der Waals surface area contributed by atoms with Gasteiger partial charge in [-0.2, -0.15) is 0 Å². The van der Waals surface area contributed by atoms with E-state index in [0.717, 1.165) is 26.2 Å². The lowest BCUT2D eigenvalue weighted by Crippen LogP contribution is -2.52. The zero-order valence-corrected chi connectivity index (χ0v) is 15.0. The summed E-state index contributed by atoms with van der Waals surface area (Å²) in [5.74, 6) is -1.27. The Morgan fingerprint density at radius 2 is 1.62 bits per heavy atom. The molecule has 0 N–H and O–H groups in total. The van der Waals surface area contributed by atoms with Gasteiger partial charge in [0.05, 0.1) is 0 Å². The Morgan fingerprint density at radius 3 is 2.27 bits per heavy atom. The maximum atomic E-state index is 13.5. The van der Waals surface area contributed by atoms with Gasteiger partial charge in [-0.15, -0.1) is 0 Å². The molecule has 1 heterocycles. The van der Waals surface area contributed by atoms with Crippen LogP contribution in [0.3, 0.4) is 0 Å². The molecule has 2 fully saturated rings. The first-order chi connectivity index (χ1) is 12.6. The molecule has 1 aliphatic carbocycles. The summed E-state index contributed by atoms with van der Waals surface area (Å²) >= 11 is 0. The summed E-state index contributed by atoms with van der Waals surface area (Å²) in [5.41, 5.74) is -0.0919. The molecule has 0 atom stereocenters. The van der Waals surface area contributed by atoms with Crippen molar-refractivity contribution in [3.8, 4) is 0 Å². The lowest BCUT2D eigenvalue weighted by Gasteiger charge is -2.40. The summed E-state index contributed by atoms with van der Waals surface area (Å²) in [6.07, 6.45) is 12.4. The molecule has 1 saturated carbocycles. The van der Waals surface area contributed by atoms with E-state index in [0.29, 0.717) is 6.04 Å². The highest BCUT2D eigenvalue weighted by Crippen LogP contribution is 2.23. The summed E-state index contributed by atoms with van der Waals surface area (Å²) in [7, 11) is 0. The molecule has 5 heteroatoms. The second kappa shape index (κ2) is 9.08. The highest BCUT2D eigenvalue weighted by atomic mass is 19.1. The molecule has 1 aromatic rings. The first-order valence-electron chi connectivity index (χ1n) is 9.47. The molecule has 0 aromatic heterocycles. The van der Waals surface area contributed by atoms with Gasteiger partial charge in [-0.3, -0.25) is 9.69 Å². The summed E-state index contributed by atoms with van der Waals surface area (Å²) in [6, 6.07) is 4.44. The first-order valence-corrected chi connectivity index (χ1v) is 9.47. The fourth-order valence-corrected chi connectivity index (χ4v) is 3.82. The average molecular weight is 360 g/mol. The molecule has 1 saturated heterocycles. The molecule has 3 rings (SSSR count). The SMILES string of the molecule is O=C(C=CC=Cc1c(F)cccc1F)N1CCN(C2CCCCC2)CC1. The molecule has 140 valence electrons. The normalized spacial score (nSPS) is 20.3. The molecule has 1 aromatic carbocycles. The summed E-state index contributed by atoms with van der Waals surface area (Å²) < 4.78 is 27.0. The third-order valence-electron chi connectivity index (χ3n) is 5.33. The van der Waals surface area contributed by atoms with Crippen LogP contribution < -0.4 is 0 Å². The van der Waals surface area contributed by atoms with E-state index >= 15 is 0 Å². The molecular formula is C21H26F2N2O. The van der Waals surface area contributed by atoms with Gasteiger partial charge in [0.1, 0.15) is 11.6 Å². The maximum Gasteiger partial charge on any atom is 0.246 e. The number of hydrogen-bond acceptors (Lipinski definition) is 2. The topological polar surface area (TPSA) is 23.6 Å². The monoisotopic (exact) mass is 360 g/mol. The number of amides is 1. The summed E-state index contributed by atoms with van der Waals surface area (Å²) in [4.78, 5) is 16.6. The molecule has 1 aliphatic heterocycles. The molecule has 1 amide bonds. The van der Waals surface area contributed by atoms with E-state index in [4.69, 9.17) is 0 Å². The van der Waals surface area contributed by atoms with Crippen LogP contribution >= 0.6 is 0 Å². The minimum Gasteiger partial charge on any atom is -0.337 e. The van der Waals surface area contributed by atoms with Gasteiger partial charge in [0, 0.05) is 43.9 Å². The number of halogens is 2. The lowest BCUT2D eigenvalue weighted by atomic mass is 9.94. The van der Waals surface area contributed by atoms with Crippen molar-refractivity contribution in [2.45, 2.75) is 38.1 Å². The molecule has 0 bridgehead atoms. The number of carbonyl (C=O) groups excluding carboxylic acids is 1. The van der Waals surface area contributed by atoms with Gasteiger partial charge in [0.2, 0.25) is 5.91 Å². The quantitative estimate of drug-likeness (QED) is 0.598. The highest BCUT2D eigenvalue weighted by molar-refractivity contribution is 5.88. The van der Waals surface area contributed by atoms with Gasteiger partial charge >= 0.3 is 0 Å². The van der Waals surface area contributed by atoms with Crippen molar-refractivity contribution < 1.29 is 13.6 Å². The Bertz CT molecular complexity index is 652. The Labute approximate surface area is 154 Å². The molecule has 0 spiro atoms. The van der Waals surface area contributed by atoms with Crippen LogP contribution in [-0.2, 0) is 4.79 Å². The third kappa shape index (κ3) is 4.79. The van der Waals surface area contributed by atoms with E-state index in [1.54, 1.807) is 6.08 Å². The first kappa shape index (κ1) is 18.8. The van der Waals surface area contributed by atoms with Gasteiger partial charge in [-0.25, -0.2) is 8.78 Å². The van der Waals surface area contributed by atoms with Crippen LogP contribution in [0.15, 0.2) is 36.4 Å². The molecule has 26 heavy (non-hydrogen) atoms. The van der Waals surface area contributed by atoms with Crippen molar-refractivity contribution in [1.29, 1.82) is 0 Å². The second-order valence-corrected chi connectivity index (χ2v) is 7.01. The molecule has 0 unspecified atom stereocenters. The summed E-state index contributed by atoms with van der Waals surface area (Å²) in [5, 5.41) is 0. The van der Waals surface area contributed by atoms with E-state index in [2.05, 4.69) is 4.90 Å². The van der Waals surface area contributed by atoms with E-state index in [9.17, 15) is 13.6 Å². The summed E-state index contributed by atoms with van der Waals surface area (Å²) in [6.45, 7) is 3.34. The second-order valence-electron chi connectivity index (χ2n) is 7.01. The Balaban J connectivity index is 1.48.